The molecular formula is C70H111ClN14O11. The Balaban J connectivity index is 0.000000348. The Morgan fingerprint density at radius 3 is 1.30 bits per heavy atom. The van der Waals surface area contributed by atoms with Crippen LogP contribution in [0, 0.1) is 0 Å². The summed E-state index contributed by atoms with van der Waals surface area (Å²) in [5.41, 5.74) is 1.59. The Labute approximate surface area is 575 Å². The number of carboxylic acid groups (broad SMARTS) is 1. The van der Waals surface area contributed by atoms with Gasteiger partial charge >= 0.3 is 35.5 Å². The molecule has 0 saturated carbocycles. The summed E-state index contributed by atoms with van der Waals surface area (Å²) in [6.07, 6.45) is 13.9. The first-order chi connectivity index (χ1) is 45.0. The van der Waals surface area contributed by atoms with E-state index >= 15 is 0 Å². The van der Waals surface area contributed by atoms with Crippen molar-refractivity contribution in [2.24, 2.45) is 0 Å². The predicted molar refractivity (Wildman–Crippen MR) is 382 cm³/mol. The van der Waals surface area contributed by atoms with E-state index in [1.165, 1.54) is 43.7 Å². The van der Waals surface area contributed by atoms with E-state index in [0.29, 0.717) is 100 Å². The van der Waals surface area contributed by atoms with Crippen LogP contribution in [0.1, 0.15) is 166 Å². The van der Waals surface area contributed by atoms with E-state index in [2.05, 4.69) is 25.9 Å². The fourth-order valence-electron chi connectivity index (χ4n) is 11.1. The third kappa shape index (κ3) is 25.0. The van der Waals surface area contributed by atoms with E-state index in [1.54, 1.807) is 96.4 Å². The molecule has 5 aliphatic rings. The molecule has 2 atom stereocenters. The maximum absolute atomic E-state index is 13.6. The van der Waals surface area contributed by atoms with Gasteiger partial charge in [-0.15, -0.1) is 0 Å². The van der Waals surface area contributed by atoms with Gasteiger partial charge < -0.3 is 64.5 Å². The molecule has 25 nitrogen and oxygen atoms in total. The molecule has 0 spiro atoms. The van der Waals surface area contributed by atoms with Crippen LogP contribution < -0.4 is 45.0 Å². The van der Waals surface area contributed by atoms with Crippen LogP contribution in [0.3, 0.4) is 0 Å². The third-order valence-electron chi connectivity index (χ3n) is 16.2. The zero-order valence-corrected chi connectivity index (χ0v) is 58.1. The molecule has 5 amide bonds. The molecule has 26 heteroatoms. The fourth-order valence-corrected chi connectivity index (χ4v) is 11.4. The number of esters is 1. The van der Waals surface area contributed by atoms with E-state index in [0.717, 1.165) is 62.9 Å². The molecule has 5 aliphatic heterocycles. The second kappa shape index (κ2) is 40.7. The number of carbonyl (C=O) groups is 6. The van der Waals surface area contributed by atoms with E-state index < -0.39 is 35.0 Å². The molecule has 4 N–H and O–H groups in total. The molecule has 5 saturated heterocycles. The van der Waals surface area contributed by atoms with Gasteiger partial charge in [0.1, 0.15) is 40.6 Å². The lowest BCUT2D eigenvalue weighted by Gasteiger charge is -2.33. The summed E-state index contributed by atoms with van der Waals surface area (Å²) in [7, 11) is 0. The molecule has 5 fully saturated rings. The van der Waals surface area contributed by atoms with Crippen molar-refractivity contribution in [1.29, 1.82) is 0 Å². The van der Waals surface area contributed by atoms with Crippen molar-refractivity contribution >= 4 is 82.0 Å². The first-order valence-corrected chi connectivity index (χ1v) is 34.1. The average Bonchev–Trinajstić information content (AvgIpc) is 1.16. The molecule has 4 aromatic rings. The zero-order valence-electron chi connectivity index (χ0n) is 57.3. The number of nitrogens with one attached hydrogen (secondary N) is 3. The van der Waals surface area contributed by atoms with Crippen LogP contribution in [0.2, 0.25) is 0 Å². The summed E-state index contributed by atoms with van der Waals surface area (Å²) >= 11 is 5.97. The quantitative estimate of drug-likeness (QED) is 0.0323. The van der Waals surface area contributed by atoms with E-state index in [4.69, 9.17) is 40.5 Å². The Hall–Kier alpha value is -7.77. The van der Waals surface area contributed by atoms with E-state index in [9.17, 15) is 33.9 Å². The number of urea groups is 1. The summed E-state index contributed by atoms with van der Waals surface area (Å²) in [6, 6.07) is 11.3. The number of benzene rings is 2. The Kier molecular flexibility index (Phi) is 34.2. The molecule has 0 aliphatic carbocycles. The lowest BCUT2D eigenvalue weighted by atomic mass is 10.0. The highest BCUT2D eigenvalue weighted by Gasteiger charge is 2.33. The lowest BCUT2D eigenvalue weighted by molar-refractivity contribution is -0.155. The highest BCUT2D eigenvalue weighted by Crippen LogP contribution is 2.33. The Morgan fingerprint density at radius 1 is 0.583 bits per heavy atom. The molecule has 96 heavy (non-hydrogen) atoms. The van der Waals surface area contributed by atoms with Gasteiger partial charge in [-0.3, -0.25) is 14.6 Å². The van der Waals surface area contributed by atoms with Gasteiger partial charge in [-0.25, -0.2) is 33.9 Å². The normalized spacial score (nSPS) is 15.4. The largest absolute Gasteiger partial charge is 0.480 e. The van der Waals surface area contributed by atoms with Crippen molar-refractivity contribution in [2.75, 3.05) is 122 Å². The number of hydrogen-bond acceptors (Lipinski definition) is 19. The minimum atomic E-state index is -1.06. The smallest absolute Gasteiger partial charge is 0.415 e. The number of carboxylic acids is 1. The molecule has 0 bridgehead atoms. The van der Waals surface area contributed by atoms with Gasteiger partial charge in [0.05, 0.1) is 12.4 Å². The third-order valence-corrected chi connectivity index (χ3v) is 16.4. The second-order valence-corrected chi connectivity index (χ2v) is 25.5. The fraction of sp³-hybridized carbons (Fsp3) is 0.629. The van der Waals surface area contributed by atoms with Crippen molar-refractivity contribution < 1.29 is 52.8 Å². The monoisotopic (exact) mass is 1360 g/mol. The zero-order chi connectivity index (χ0) is 68.3. The van der Waals surface area contributed by atoms with Crippen LogP contribution in [-0.2, 0) is 31.9 Å². The van der Waals surface area contributed by atoms with Crippen LogP contribution in [0.15, 0.2) is 60.9 Å². The summed E-state index contributed by atoms with van der Waals surface area (Å²) in [5.74, 6) is 0.752. The van der Waals surface area contributed by atoms with Crippen molar-refractivity contribution in [3.05, 3.63) is 72.1 Å². The molecular weight excluding hydrogens is 1250 g/mol. The minimum Gasteiger partial charge on any atom is -0.480 e. The number of amides is 5. The van der Waals surface area contributed by atoms with Gasteiger partial charge in [-0.1, -0.05) is 39.1 Å². The van der Waals surface area contributed by atoms with Gasteiger partial charge in [0, 0.05) is 104 Å². The van der Waals surface area contributed by atoms with Gasteiger partial charge in [0.15, 0.2) is 11.6 Å². The number of ether oxygens (including phenoxy) is 4. The van der Waals surface area contributed by atoms with Gasteiger partial charge in [-0.05, 0) is 200 Å². The number of aliphatic carboxylic acids is 1. The van der Waals surface area contributed by atoms with Gasteiger partial charge in [0.2, 0.25) is 11.9 Å². The number of halogens is 1. The number of likely N-dealkylation sites (tertiary alicyclic amines) is 3. The van der Waals surface area contributed by atoms with Crippen LogP contribution in [-0.4, -0.2) is 197 Å². The molecule has 2 aromatic heterocycles. The van der Waals surface area contributed by atoms with E-state index in [1.807, 2.05) is 70.1 Å². The van der Waals surface area contributed by atoms with Crippen molar-refractivity contribution in [3.63, 3.8) is 0 Å². The van der Waals surface area contributed by atoms with Gasteiger partial charge in [0.25, 0.3) is 0 Å². The number of hydrogen-bond donors (Lipinski definition) is 4. The van der Waals surface area contributed by atoms with Crippen molar-refractivity contribution in [2.45, 2.75) is 198 Å². The van der Waals surface area contributed by atoms with Crippen LogP contribution in [0.4, 0.5) is 54.1 Å². The number of carbonyl (C=O) groups excluding carboxylic acids is 5. The van der Waals surface area contributed by atoms with Gasteiger partial charge in [-0.2, -0.15) is 9.97 Å². The minimum absolute atomic E-state index is 0. The lowest BCUT2D eigenvalue weighted by Crippen LogP contribution is -2.46. The van der Waals surface area contributed by atoms with E-state index in [-0.39, 0.29) is 69.6 Å². The second-order valence-electron chi connectivity index (χ2n) is 25.2. The Bertz CT molecular complexity index is 2990. The molecule has 9 rings (SSSR count). The number of rotatable bonds is 22. The number of anilines is 6. The number of aromatic nitrogens is 4. The standard InChI is InChI=1S/C30H43ClN6O5.C30H43N7O5.C4H9N.C4H8O.2CH4/c1-8-35(9-2)28-32-19-24(37(20(3)4)27(31)39)25(34-28)33-23(26(38)42-30(5,6)7)18-21-12-14-22(15-13-21)41-29(40)36-16-10-11-17-36;1-5-34(6-2)28-31-20-25(37(21(3)4)29(40)35-15-7-8-16-35)26(33-28)32-24(27(38)39)19-22-11-13-23(14-12-22)42-30(41)36-17-9-10-18-36;2*1-2-4-5-3-1;;/h12-15,19-20,23H,8-11,16-18H2,1-7H3,(H,32,33,34);11-14,20-21,24H,5-10,15-19H2,1-4H3,(H,38,39)(H,31,32,33);5H,1-4H2;1-4H2;2*1H4/t23-;24-;;;;/m00..../s1. The predicted octanol–water partition coefficient (Wildman–Crippen LogP) is 12.8. The summed E-state index contributed by atoms with van der Waals surface area (Å²) in [6.45, 7) is 32.2. The topological polar surface area (TPSA) is 270 Å². The first kappa shape index (κ1) is 80.7. The maximum Gasteiger partial charge on any atom is 0.415 e. The van der Waals surface area contributed by atoms with Crippen LogP contribution >= 0.6 is 11.6 Å². The number of nitrogens with zero attached hydrogens (tertiary/aromatic N) is 11. The Morgan fingerprint density at radius 2 is 0.969 bits per heavy atom. The van der Waals surface area contributed by atoms with Crippen LogP contribution in [0.25, 0.3) is 0 Å². The average molecular weight is 1360 g/mol. The summed E-state index contributed by atoms with van der Waals surface area (Å²) < 4.78 is 21.7. The van der Waals surface area contributed by atoms with Crippen molar-refractivity contribution in [1.82, 2.24) is 40.0 Å². The summed E-state index contributed by atoms with van der Waals surface area (Å²) in [5, 5.41) is 19.1. The molecule has 534 valence electrons. The van der Waals surface area contributed by atoms with Crippen LogP contribution in [0.5, 0.6) is 11.5 Å². The highest BCUT2D eigenvalue weighted by atomic mass is 35.5. The highest BCUT2D eigenvalue weighted by molar-refractivity contribution is 6.66. The molecule has 2 aromatic carbocycles. The molecule has 7 heterocycles. The molecule has 0 radical (unpaired) electrons. The van der Waals surface area contributed by atoms with Crippen molar-refractivity contribution in [3.8, 4) is 11.5 Å². The molecule has 0 unspecified atom stereocenters. The summed E-state index contributed by atoms with van der Waals surface area (Å²) in [4.78, 5) is 107. The SMILES string of the molecule is C.C.C1CCNC1.C1CCOC1.CCN(CC)c1ncc(N(C(=O)Cl)C(C)C)c(N[C@@H](Cc2ccc(OC(=O)N3CCCC3)cc2)C(=O)OC(C)(C)C)n1.CCN(CC)c1ncc(N(C(=O)N2CCCC2)C(C)C)c(N[C@@H](Cc2ccc(OC(=O)N3CCCC3)cc2)C(=O)O)n1. The maximum atomic E-state index is 13.6. The first-order valence-electron chi connectivity index (χ1n) is 33.7.